The Morgan fingerprint density at radius 1 is 1.10 bits per heavy atom. The van der Waals surface area contributed by atoms with Crippen LogP contribution in [0.25, 0.3) is 0 Å². The van der Waals surface area contributed by atoms with E-state index >= 15 is 0 Å². The van der Waals surface area contributed by atoms with Gasteiger partial charge < -0.3 is 0 Å². The molecule has 1 aliphatic heterocycles. The Balaban J connectivity index is 1.94. The van der Waals surface area contributed by atoms with Crippen LogP contribution in [-0.4, -0.2) is 27.9 Å². The number of carbonyl (C=O) groups is 1. The monoisotopic (exact) mass is 345 g/mol. The number of anilines is 1. The second-order valence-electron chi connectivity index (χ2n) is 5.77. The number of aryl methyl sites for hydroxylation is 1. The first-order valence-electron chi connectivity index (χ1n) is 7.10. The normalized spacial score (nSPS) is 20.7. The van der Waals surface area contributed by atoms with Crippen molar-refractivity contribution in [3.63, 3.8) is 0 Å². The zero-order valence-corrected chi connectivity index (χ0v) is 14.3. The van der Waals surface area contributed by atoms with Gasteiger partial charge in [-0.25, -0.2) is 0 Å². The number of para-hydroxylation sites is 1. The summed E-state index contributed by atoms with van der Waals surface area (Å²) in [6.07, 6.45) is 0. The molecule has 108 valence electrons. The molecule has 3 rings (SSSR count). The standard InChI is InChI=1S/C18H19NOSe/c1-13-8-7-11-15-16(13)19(3)17(20)18(15,2)12-21-14-9-5-4-6-10-14/h4-11H,12H2,1-3H3/t18-/m0/s1. The molecule has 2 aromatic carbocycles. The summed E-state index contributed by atoms with van der Waals surface area (Å²) in [6, 6.07) is 16.7. The van der Waals surface area contributed by atoms with E-state index in [-0.39, 0.29) is 11.3 Å². The Morgan fingerprint density at radius 3 is 2.52 bits per heavy atom. The molecule has 21 heavy (non-hydrogen) atoms. The van der Waals surface area contributed by atoms with Crippen molar-refractivity contribution < 1.29 is 4.79 Å². The molecule has 2 nitrogen and oxygen atoms in total. The second-order valence-corrected chi connectivity index (χ2v) is 7.97. The Hall–Kier alpha value is -1.57. The van der Waals surface area contributed by atoms with Crippen molar-refractivity contribution in [1.82, 2.24) is 0 Å². The van der Waals surface area contributed by atoms with Crippen LogP contribution in [0.1, 0.15) is 18.1 Å². The van der Waals surface area contributed by atoms with E-state index in [1.165, 1.54) is 15.6 Å². The molecule has 0 aliphatic carbocycles. The first-order chi connectivity index (χ1) is 10.0. The molecule has 0 N–H and O–H groups in total. The van der Waals surface area contributed by atoms with Crippen LogP contribution in [-0.2, 0) is 10.2 Å². The van der Waals surface area contributed by atoms with Crippen LogP contribution in [0.2, 0.25) is 5.32 Å². The van der Waals surface area contributed by atoms with Gasteiger partial charge in [-0.05, 0) is 0 Å². The van der Waals surface area contributed by atoms with E-state index in [0.717, 1.165) is 11.0 Å². The van der Waals surface area contributed by atoms with Gasteiger partial charge in [0.2, 0.25) is 0 Å². The summed E-state index contributed by atoms with van der Waals surface area (Å²) < 4.78 is 1.35. The summed E-state index contributed by atoms with van der Waals surface area (Å²) in [4.78, 5) is 14.6. The van der Waals surface area contributed by atoms with Gasteiger partial charge in [-0.15, -0.1) is 0 Å². The number of hydrogen-bond donors (Lipinski definition) is 0. The van der Waals surface area contributed by atoms with Crippen molar-refractivity contribution in [3.05, 3.63) is 59.7 Å². The molecular formula is C18H19NOSe. The van der Waals surface area contributed by atoms with Gasteiger partial charge in [-0.3, -0.25) is 0 Å². The molecule has 2 aromatic rings. The molecule has 1 heterocycles. The Labute approximate surface area is 132 Å². The molecule has 0 bridgehead atoms. The summed E-state index contributed by atoms with van der Waals surface area (Å²) in [7, 11) is 1.90. The fourth-order valence-electron chi connectivity index (χ4n) is 3.02. The molecule has 3 heteroatoms. The topological polar surface area (TPSA) is 20.3 Å². The molecule has 1 amide bonds. The summed E-state index contributed by atoms with van der Waals surface area (Å²) in [5.74, 6) is 0.226. The van der Waals surface area contributed by atoms with Gasteiger partial charge in [0, 0.05) is 0 Å². The van der Waals surface area contributed by atoms with Gasteiger partial charge >= 0.3 is 132 Å². The molecule has 0 spiro atoms. The summed E-state index contributed by atoms with van der Waals surface area (Å²) in [5, 5.41) is 0.906. The zero-order valence-electron chi connectivity index (χ0n) is 12.6. The van der Waals surface area contributed by atoms with E-state index in [4.69, 9.17) is 0 Å². The Kier molecular flexibility index (Phi) is 3.64. The third-order valence-electron chi connectivity index (χ3n) is 4.22. The first kappa shape index (κ1) is 14.4. The summed E-state index contributed by atoms with van der Waals surface area (Å²) in [6.45, 7) is 4.18. The van der Waals surface area contributed by atoms with Crippen molar-refractivity contribution in [2.24, 2.45) is 0 Å². The van der Waals surface area contributed by atoms with Gasteiger partial charge in [-0.1, -0.05) is 0 Å². The van der Waals surface area contributed by atoms with Crippen LogP contribution in [0.15, 0.2) is 48.5 Å². The maximum atomic E-state index is 12.8. The van der Waals surface area contributed by atoms with Crippen LogP contribution in [0.5, 0.6) is 0 Å². The number of benzene rings is 2. The predicted octanol–water partition coefficient (Wildman–Crippen LogP) is 2.68. The van der Waals surface area contributed by atoms with Crippen LogP contribution in [0, 0.1) is 6.92 Å². The minimum absolute atomic E-state index is 0.226. The number of likely N-dealkylation sites (N-methyl/N-ethyl adjacent to an activating group) is 1. The third kappa shape index (κ3) is 2.31. The quantitative estimate of drug-likeness (QED) is 0.784. The number of rotatable bonds is 3. The molecule has 1 aliphatic rings. The van der Waals surface area contributed by atoms with E-state index in [0.29, 0.717) is 15.0 Å². The number of carbonyl (C=O) groups excluding carboxylic acids is 1. The Morgan fingerprint density at radius 2 is 1.81 bits per heavy atom. The first-order valence-corrected chi connectivity index (χ1v) is 9.17. The van der Waals surface area contributed by atoms with E-state index in [2.05, 4.69) is 56.3 Å². The molecule has 0 unspecified atom stereocenters. The predicted molar refractivity (Wildman–Crippen MR) is 88.6 cm³/mol. The molecule has 0 radical (unpaired) electrons. The van der Waals surface area contributed by atoms with Crippen molar-refractivity contribution in [3.8, 4) is 0 Å². The third-order valence-corrected chi connectivity index (χ3v) is 7.00. The Bertz CT molecular complexity index is 683. The SMILES string of the molecule is Cc1cccc2c1N(C)C(=O)[C@@]2(C)C[Se]c1ccccc1. The van der Waals surface area contributed by atoms with E-state index in [1.54, 1.807) is 0 Å². The average molecular weight is 344 g/mol. The second kappa shape index (κ2) is 5.32. The molecule has 0 saturated heterocycles. The molecule has 1 atom stereocenters. The van der Waals surface area contributed by atoms with E-state index in [1.807, 2.05) is 18.0 Å². The maximum absolute atomic E-state index is 12.8. The van der Waals surface area contributed by atoms with Crippen molar-refractivity contribution in [2.75, 3.05) is 11.9 Å². The van der Waals surface area contributed by atoms with Gasteiger partial charge in [0.15, 0.2) is 0 Å². The number of nitrogens with zero attached hydrogens (tertiary/aromatic N) is 1. The average Bonchev–Trinajstić information content (AvgIpc) is 2.70. The van der Waals surface area contributed by atoms with Crippen LogP contribution >= 0.6 is 0 Å². The summed E-state index contributed by atoms with van der Waals surface area (Å²) >= 11 is 0.303. The fraction of sp³-hybridized carbons (Fsp3) is 0.278. The van der Waals surface area contributed by atoms with E-state index in [9.17, 15) is 4.79 Å². The number of fused-ring (bicyclic) bond motifs is 1. The molecule has 0 aromatic heterocycles. The van der Waals surface area contributed by atoms with Crippen molar-refractivity contribution in [1.29, 1.82) is 0 Å². The van der Waals surface area contributed by atoms with Crippen molar-refractivity contribution in [2.45, 2.75) is 24.6 Å². The number of hydrogen-bond acceptors (Lipinski definition) is 1. The van der Waals surface area contributed by atoms with E-state index < -0.39 is 0 Å². The van der Waals surface area contributed by atoms with Gasteiger partial charge in [0.1, 0.15) is 0 Å². The van der Waals surface area contributed by atoms with Gasteiger partial charge in [0.25, 0.3) is 0 Å². The van der Waals surface area contributed by atoms with Crippen LogP contribution in [0.3, 0.4) is 0 Å². The fourth-order valence-corrected chi connectivity index (χ4v) is 5.29. The molecule has 0 saturated carbocycles. The molecule has 0 fully saturated rings. The molecular weight excluding hydrogens is 325 g/mol. The number of amides is 1. The van der Waals surface area contributed by atoms with Crippen LogP contribution in [0.4, 0.5) is 5.69 Å². The van der Waals surface area contributed by atoms with Crippen LogP contribution < -0.4 is 9.36 Å². The van der Waals surface area contributed by atoms with Gasteiger partial charge in [-0.2, -0.15) is 0 Å². The van der Waals surface area contributed by atoms with Gasteiger partial charge in [0.05, 0.1) is 0 Å². The minimum atomic E-state index is -0.383. The zero-order chi connectivity index (χ0) is 15.0. The summed E-state index contributed by atoms with van der Waals surface area (Å²) in [5.41, 5.74) is 3.09. The van der Waals surface area contributed by atoms with Crippen molar-refractivity contribution >= 4 is 31.0 Å².